The first-order valence-corrected chi connectivity index (χ1v) is 12.7. The zero-order valence-corrected chi connectivity index (χ0v) is 23.7. The molecule has 21 heteroatoms. The minimum absolute atomic E-state index is 0.0302. The number of carbonyl (C=O) groups is 3. The molecule has 3 N–H and O–H groups in total. The number of pyridine rings is 1. The van der Waals surface area contributed by atoms with Gasteiger partial charge in [-0.05, 0) is 50.1 Å². The van der Waals surface area contributed by atoms with Gasteiger partial charge in [0.2, 0.25) is 5.95 Å². The SMILES string of the molecule is CN(Cc1ccncc1)C1COC2(CCN(c3ncccn3)CC2)C1.O=C(O)C(F)(F)F.O=C(O)C(F)(F)F.O=C(O)C(F)(F)F. The molecular weight excluding hydrogens is 653 g/mol. The number of rotatable bonds is 4. The van der Waals surface area contributed by atoms with Gasteiger partial charge >= 0.3 is 36.4 Å². The van der Waals surface area contributed by atoms with Gasteiger partial charge in [0.25, 0.3) is 0 Å². The highest BCUT2D eigenvalue weighted by Crippen LogP contribution is 2.38. The van der Waals surface area contributed by atoms with E-state index < -0.39 is 36.4 Å². The number of alkyl halides is 9. The van der Waals surface area contributed by atoms with E-state index in [1.807, 2.05) is 30.9 Å². The number of ether oxygens (including phenoxy) is 1. The van der Waals surface area contributed by atoms with Crippen LogP contribution in [0.25, 0.3) is 0 Å². The van der Waals surface area contributed by atoms with Crippen LogP contribution in [0.4, 0.5) is 45.5 Å². The van der Waals surface area contributed by atoms with E-state index in [9.17, 15) is 39.5 Å². The van der Waals surface area contributed by atoms with E-state index >= 15 is 0 Å². The number of likely N-dealkylation sites (N-methyl/N-ethyl adjacent to an activating group) is 1. The number of piperidine rings is 1. The van der Waals surface area contributed by atoms with Crippen LogP contribution in [-0.4, -0.2) is 110 Å². The maximum atomic E-state index is 10.6. The lowest BCUT2D eigenvalue weighted by Gasteiger charge is -2.38. The first kappa shape index (κ1) is 39.8. The van der Waals surface area contributed by atoms with Crippen molar-refractivity contribution in [3.8, 4) is 0 Å². The third kappa shape index (κ3) is 14.2. The van der Waals surface area contributed by atoms with Crippen LogP contribution in [0.2, 0.25) is 0 Å². The quantitative estimate of drug-likeness (QED) is 0.398. The third-order valence-electron chi connectivity index (χ3n) is 6.23. The largest absolute Gasteiger partial charge is 0.490 e. The van der Waals surface area contributed by atoms with E-state index in [0.29, 0.717) is 6.04 Å². The predicted octanol–water partition coefficient (Wildman–Crippen LogP) is 4.03. The van der Waals surface area contributed by atoms with Gasteiger partial charge in [-0.2, -0.15) is 39.5 Å². The molecule has 258 valence electrons. The molecule has 12 nitrogen and oxygen atoms in total. The van der Waals surface area contributed by atoms with Crippen LogP contribution in [0, 0.1) is 0 Å². The summed E-state index contributed by atoms with van der Waals surface area (Å²) in [7, 11) is 2.19. The molecule has 0 saturated carbocycles. The molecule has 0 radical (unpaired) electrons. The summed E-state index contributed by atoms with van der Waals surface area (Å²) in [6, 6.07) is 6.51. The topological polar surface area (TPSA) is 166 Å². The maximum absolute atomic E-state index is 10.6. The van der Waals surface area contributed by atoms with Crippen molar-refractivity contribution in [1.82, 2.24) is 19.9 Å². The number of hydrogen-bond donors (Lipinski definition) is 3. The number of carboxylic acid groups (broad SMARTS) is 3. The summed E-state index contributed by atoms with van der Waals surface area (Å²) >= 11 is 0. The Morgan fingerprint density at radius 1 is 0.848 bits per heavy atom. The molecule has 0 aliphatic carbocycles. The fraction of sp³-hybridized carbons (Fsp3) is 0.520. The summed E-state index contributed by atoms with van der Waals surface area (Å²) in [6.07, 6.45) is -4.71. The summed E-state index contributed by atoms with van der Waals surface area (Å²) in [5.41, 5.74) is 1.33. The minimum atomic E-state index is -5.08. The van der Waals surface area contributed by atoms with Gasteiger partial charge in [0.05, 0.1) is 12.2 Å². The van der Waals surface area contributed by atoms with E-state index in [0.717, 1.165) is 51.5 Å². The standard InChI is InChI=1S/C19H25N5O.3C2HF3O2/c1-23(14-16-3-9-20-10-4-16)17-13-19(25-15-17)5-11-24(12-6-19)18-21-7-2-8-22-18;3*3-2(4,5)1(6)7/h2-4,7-10,17H,5-6,11-15H2,1H3;3*(H,6,7). The van der Waals surface area contributed by atoms with E-state index in [-0.39, 0.29) is 5.60 Å². The predicted molar refractivity (Wildman–Crippen MR) is 137 cm³/mol. The Bertz CT molecular complexity index is 1190. The van der Waals surface area contributed by atoms with Crippen LogP contribution in [0.5, 0.6) is 0 Å². The van der Waals surface area contributed by atoms with Gasteiger partial charge < -0.3 is 25.0 Å². The van der Waals surface area contributed by atoms with Gasteiger partial charge in [0.1, 0.15) is 0 Å². The molecule has 2 aromatic heterocycles. The zero-order chi connectivity index (χ0) is 35.3. The van der Waals surface area contributed by atoms with Crippen LogP contribution in [0.15, 0.2) is 43.0 Å². The molecule has 1 atom stereocenters. The summed E-state index contributed by atoms with van der Waals surface area (Å²) in [5, 5.41) is 21.4. The summed E-state index contributed by atoms with van der Waals surface area (Å²) in [6.45, 7) is 3.69. The summed E-state index contributed by atoms with van der Waals surface area (Å²) in [5.74, 6) is -7.44. The fourth-order valence-electron chi connectivity index (χ4n) is 3.93. The van der Waals surface area contributed by atoms with Crippen molar-refractivity contribution >= 4 is 23.9 Å². The van der Waals surface area contributed by atoms with E-state index in [1.165, 1.54) is 5.56 Å². The van der Waals surface area contributed by atoms with Gasteiger partial charge in [-0.1, -0.05) is 0 Å². The summed E-state index contributed by atoms with van der Waals surface area (Å²) in [4.78, 5) is 44.2. The normalized spacial score (nSPS) is 17.5. The second-order valence-electron chi connectivity index (χ2n) is 9.57. The molecule has 0 bridgehead atoms. The van der Waals surface area contributed by atoms with E-state index in [1.54, 1.807) is 0 Å². The van der Waals surface area contributed by atoms with E-state index in [2.05, 4.69) is 43.9 Å². The van der Waals surface area contributed by atoms with Gasteiger partial charge in [0, 0.05) is 50.5 Å². The Morgan fingerprint density at radius 2 is 1.26 bits per heavy atom. The average Bonchev–Trinajstić information content (AvgIpc) is 3.37. The zero-order valence-electron chi connectivity index (χ0n) is 23.7. The highest BCUT2D eigenvalue weighted by molar-refractivity contribution is 5.73. The van der Waals surface area contributed by atoms with Crippen LogP contribution < -0.4 is 4.90 Å². The van der Waals surface area contributed by atoms with Crippen molar-refractivity contribution in [2.24, 2.45) is 0 Å². The first-order valence-electron chi connectivity index (χ1n) is 12.7. The van der Waals surface area contributed by atoms with Crippen molar-refractivity contribution < 1.29 is 74.0 Å². The molecule has 4 heterocycles. The average molecular weight is 682 g/mol. The molecule has 2 saturated heterocycles. The third-order valence-corrected chi connectivity index (χ3v) is 6.23. The van der Waals surface area contributed by atoms with Gasteiger partial charge in [-0.15, -0.1) is 0 Å². The van der Waals surface area contributed by atoms with Crippen LogP contribution >= 0.6 is 0 Å². The Labute approximate surface area is 254 Å². The number of halogens is 9. The highest BCUT2D eigenvalue weighted by atomic mass is 19.4. The Morgan fingerprint density at radius 3 is 1.65 bits per heavy atom. The Balaban J connectivity index is 0.000000413. The fourth-order valence-corrected chi connectivity index (χ4v) is 3.93. The van der Waals surface area contributed by atoms with Crippen molar-refractivity contribution in [3.05, 3.63) is 48.5 Å². The molecular formula is C25H28F9N5O7. The molecule has 2 aromatic rings. The van der Waals surface area contributed by atoms with Gasteiger partial charge in [-0.25, -0.2) is 24.4 Å². The van der Waals surface area contributed by atoms with Crippen LogP contribution in [0.3, 0.4) is 0 Å². The molecule has 0 aromatic carbocycles. The first-order chi connectivity index (χ1) is 21.1. The molecule has 2 aliphatic heterocycles. The minimum Gasteiger partial charge on any atom is -0.475 e. The number of hydrogen-bond acceptors (Lipinski definition) is 9. The van der Waals surface area contributed by atoms with Gasteiger partial charge in [-0.3, -0.25) is 9.88 Å². The van der Waals surface area contributed by atoms with Crippen molar-refractivity contribution in [1.29, 1.82) is 0 Å². The number of aliphatic carboxylic acids is 3. The summed E-state index contributed by atoms with van der Waals surface area (Å²) < 4.78 is 102. The molecule has 2 fully saturated rings. The maximum Gasteiger partial charge on any atom is 0.490 e. The number of anilines is 1. The lowest BCUT2D eigenvalue weighted by molar-refractivity contribution is -0.193. The molecule has 2 aliphatic rings. The highest BCUT2D eigenvalue weighted by Gasteiger charge is 2.44. The van der Waals surface area contributed by atoms with Crippen molar-refractivity contribution in [3.63, 3.8) is 0 Å². The Hall–Kier alpha value is -4.27. The van der Waals surface area contributed by atoms with Crippen LogP contribution in [-0.2, 0) is 25.7 Å². The van der Waals surface area contributed by atoms with Crippen LogP contribution in [0.1, 0.15) is 24.8 Å². The van der Waals surface area contributed by atoms with Crippen molar-refractivity contribution in [2.75, 3.05) is 31.6 Å². The Kier molecular flexibility index (Phi) is 14.6. The molecule has 46 heavy (non-hydrogen) atoms. The monoisotopic (exact) mass is 681 g/mol. The lowest BCUT2D eigenvalue weighted by atomic mass is 9.87. The second-order valence-corrected chi connectivity index (χ2v) is 9.57. The number of nitrogens with zero attached hydrogens (tertiary/aromatic N) is 5. The number of carboxylic acids is 3. The molecule has 1 unspecified atom stereocenters. The molecule has 0 amide bonds. The van der Waals surface area contributed by atoms with Gasteiger partial charge in [0.15, 0.2) is 0 Å². The van der Waals surface area contributed by atoms with E-state index in [4.69, 9.17) is 34.4 Å². The smallest absolute Gasteiger partial charge is 0.475 e. The van der Waals surface area contributed by atoms with Crippen molar-refractivity contribution in [2.45, 2.75) is 56.0 Å². The lowest BCUT2D eigenvalue weighted by Crippen LogP contribution is -2.45. The molecule has 1 spiro atoms. The second kappa shape index (κ2) is 16.9. The molecule has 4 rings (SSSR count). The number of aromatic nitrogens is 3.